The number of furan rings is 1. The molecule has 1 heterocycles. The number of rotatable bonds is 6. The van der Waals surface area contributed by atoms with Gasteiger partial charge in [0.25, 0.3) is 0 Å². The van der Waals surface area contributed by atoms with Gasteiger partial charge in [-0.15, -0.1) is 0 Å². The van der Waals surface area contributed by atoms with E-state index in [1.54, 1.807) is 12.1 Å². The van der Waals surface area contributed by atoms with Crippen molar-refractivity contribution in [2.45, 2.75) is 6.61 Å². The molecular formula is C19H15BrN2O3. The summed E-state index contributed by atoms with van der Waals surface area (Å²) in [6.07, 6.45) is 1.54. The summed E-state index contributed by atoms with van der Waals surface area (Å²) in [5, 5.41) is 3.96. The van der Waals surface area contributed by atoms with E-state index in [9.17, 15) is 4.79 Å². The van der Waals surface area contributed by atoms with Gasteiger partial charge < -0.3 is 9.15 Å². The van der Waals surface area contributed by atoms with Crippen LogP contribution >= 0.6 is 15.9 Å². The number of benzene rings is 2. The van der Waals surface area contributed by atoms with Gasteiger partial charge in [-0.1, -0.05) is 42.5 Å². The maximum absolute atomic E-state index is 11.9. The molecule has 0 saturated carbocycles. The van der Waals surface area contributed by atoms with Gasteiger partial charge >= 0.3 is 5.91 Å². The molecule has 1 amide bonds. The van der Waals surface area contributed by atoms with Crippen LogP contribution < -0.4 is 10.2 Å². The van der Waals surface area contributed by atoms with Crippen molar-refractivity contribution in [3.63, 3.8) is 0 Å². The first-order valence-electron chi connectivity index (χ1n) is 7.57. The van der Waals surface area contributed by atoms with Crippen LogP contribution in [-0.2, 0) is 6.61 Å². The molecule has 0 aliphatic carbocycles. The Morgan fingerprint density at radius 3 is 2.60 bits per heavy atom. The average Bonchev–Trinajstić information content (AvgIpc) is 3.08. The molecule has 6 heteroatoms. The van der Waals surface area contributed by atoms with Gasteiger partial charge in [-0.25, -0.2) is 5.43 Å². The predicted octanol–water partition coefficient (Wildman–Crippen LogP) is 4.39. The van der Waals surface area contributed by atoms with Crippen molar-refractivity contribution >= 4 is 28.1 Å². The summed E-state index contributed by atoms with van der Waals surface area (Å²) in [6, 6.07) is 20.6. The van der Waals surface area contributed by atoms with E-state index in [0.717, 1.165) is 11.1 Å². The molecule has 2 aromatic carbocycles. The molecule has 0 saturated heterocycles. The third kappa shape index (κ3) is 4.81. The number of carbonyl (C=O) groups excluding carboxylic acids is 1. The first-order chi connectivity index (χ1) is 12.2. The van der Waals surface area contributed by atoms with Crippen LogP contribution in [0.25, 0.3) is 0 Å². The van der Waals surface area contributed by atoms with E-state index in [-0.39, 0.29) is 5.76 Å². The largest absolute Gasteiger partial charge is 0.488 e. The molecule has 5 nitrogen and oxygen atoms in total. The van der Waals surface area contributed by atoms with Crippen LogP contribution in [0.4, 0.5) is 0 Å². The van der Waals surface area contributed by atoms with Crippen LogP contribution in [0.1, 0.15) is 21.7 Å². The van der Waals surface area contributed by atoms with Crippen LogP contribution in [0.2, 0.25) is 0 Å². The summed E-state index contributed by atoms with van der Waals surface area (Å²) >= 11 is 3.15. The SMILES string of the molecule is O=C(NN=Cc1ccccc1OCc1ccccc1)c1ccc(Br)o1. The minimum absolute atomic E-state index is 0.178. The van der Waals surface area contributed by atoms with Crippen molar-refractivity contribution in [3.8, 4) is 5.75 Å². The van der Waals surface area contributed by atoms with E-state index < -0.39 is 5.91 Å². The van der Waals surface area contributed by atoms with Crippen molar-refractivity contribution in [2.75, 3.05) is 0 Å². The summed E-state index contributed by atoms with van der Waals surface area (Å²) in [6.45, 7) is 0.457. The number of amides is 1. The number of para-hydroxylation sites is 1. The lowest BCUT2D eigenvalue weighted by Gasteiger charge is -2.08. The van der Waals surface area contributed by atoms with Crippen LogP contribution in [0.3, 0.4) is 0 Å². The fraction of sp³-hybridized carbons (Fsp3) is 0.0526. The number of hydrogen-bond acceptors (Lipinski definition) is 4. The maximum Gasteiger partial charge on any atom is 0.307 e. The number of hydrogen-bond donors (Lipinski definition) is 1. The third-order valence-electron chi connectivity index (χ3n) is 3.32. The molecular weight excluding hydrogens is 384 g/mol. The van der Waals surface area contributed by atoms with Crippen LogP contribution in [-0.4, -0.2) is 12.1 Å². The van der Waals surface area contributed by atoms with Crippen LogP contribution in [0.5, 0.6) is 5.75 Å². The molecule has 0 radical (unpaired) electrons. The Labute approximate surface area is 153 Å². The Balaban J connectivity index is 1.63. The second kappa shape index (κ2) is 8.30. The molecule has 1 aromatic heterocycles. The highest BCUT2D eigenvalue weighted by Gasteiger charge is 2.09. The molecule has 0 aliphatic heterocycles. The maximum atomic E-state index is 11.9. The van der Waals surface area contributed by atoms with Crippen molar-refractivity contribution in [1.29, 1.82) is 0 Å². The monoisotopic (exact) mass is 398 g/mol. The molecule has 0 aliphatic rings. The highest BCUT2D eigenvalue weighted by atomic mass is 79.9. The molecule has 0 atom stereocenters. The topological polar surface area (TPSA) is 63.8 Å². The molecule has 126 valence electrons. The zero-order valence-electron chi connectivity index (χ0n) is 13.2. The van der Waals surface area contributed by atoms with Gasteiger partial charge in [0.1, 0.15) is 12.4 Å². The Bertz CT molecular complexity index is 875. The number of ether oxygens (including phenoxy) is 1. The Morgan fingerprint density at radius 1 is 1.08 bits per heavy atom. The third-order valence-corrected chi connectivity index (χ3v) is 3.75. The Hall–Kier alpha value is -2.86. The highest BCUT2D eigenvalue weighted by molar-refractivity contribution is 9.10. The molecule has 3 aromatic rings. The molecule has 3 rings (SSSR count). The Kier molecular flexibility index (Phi) is 5.64. The Morgan fingerprint density at radius 2 is 1.84 bits per heavy atom. The van der Waals surface area contributed by atoms with Crippen molar-refractivity contribution in [2.24, 2.45) is 5.10 Å². The molecule has 0 bridgehead atoms. The van der Waals surface area contributed by atoms with Gasteiger partial charge in [0, 0.05) is 5.56 Å². The second-order valence-corrected chi connectivity index (χ2v) is 5.90. The lowest BCUT2D eigenvalue weighted by atomic mass is 10.2. The van der Waals surface area contributed by atoms with E-state index in [1.807, 2.05) is 54.6 Å². The molecule has 0 unspecified atom stereocenters. The lowest BCUT2D eigenvalue weighted by Crippen LogP contribution is -2.16. The van der Waals surface area contributed by atoms with Gasteiger partial charge in [-0.2, -0.15) is 5.10 Å². The number of carbonyl (C=O) groups is 1. The second-order valence-electron chi connectivity index (χ2n) is 5.11. The summed E-state index contributed by atoms with van der Waals surface area (Å²) in [4.78, 5) is 11.9. The van der Waals surface area contributed by atoms with Crippen LogP contribution in [0.15, 0.2) is 80.9 Å². The lowest BCUT2D eigenvalue weighted by molar-refractivity contribution is 0.0926. The molecule has 0 spiro atoms. The van der Waals surface area contributed by atoms with Gasteiger partial charge in [-0.05, 0) is 45.8 Å². The van der Waals surface area contributed by atoms with Gasteiger partial charge in [-0.3, -0.25) is 4.79 Å². The summed E-state index contributed by atoms with van der Waals surface area (Å²) in [5.41, 5.74) is 4.26. The minimum Gasteiger partial charge on any atom is -0.488 e. The zero-order chi connectivity index (χ0) is 17.5. The van der Waals surface area contributed by atoms with Crippen molar-refractivity contribution in [3.05, 3.63) is 88.3 Å². The average molecular weight is 399 g/mol. The smallest absolute Gasteiger partial charge is 0.307 e. The van der Waals surface area contributed by atoms with Crippen molar-refractivity contribution < 1.29 is 13.9 Å². The van der Waals surface area contributed by atoms with E-state index in [1.165, 1.54) is 6.21 Å². The van der Waals surface area contributed by atoms with Gasteiger partial charge in [0.05, 0.1) is 6.21 Å². The number of hydrazone groups is 1. The van der Waals surface area contributed by atoms with E-state index in [4.69, 9.17) is 9.15 Å². The normalized spacial score (nSPS) is 10.8. The van der Waals surface area contributed by atoms with E-state index in [2.05, 4.69) is 26.5 Å². The number of nitrogens with zero attached hydrogens (tertiary/aromatic N) is 1. The number of nitrogens with one attached hydrogen (secondary N) is 1. The fourth-order valence-corrected chi connectivity index (χ4v) is 2.41. The predicted molar refractivity (Wildman–Crippen MR) is 98.7 cm³/mol. The molecule has 0 fully saturated rings. The van der Waals surface area contributed by atoms with Crippen molar-refractivity contribution in [1.82, 2.24) is 5.43 Å². The van der Waals surface area contributed by atoms with Gasteiger partial charge in [0.2, 0.25) is 0 Å². The van der Waals surface area contributed by atoms with Gasteiger partial charge in [0.15, 0.2) is 10.4 Å². The highest BCUT2D eigenvalue weighted by Crippen LogP contribution is 2.18. The number of halogens is 1. The fourth-order valence-electron chi connectivity index (χ4n) is 2.11. The van der Waals surface area contributed by atoms with Crippen LogP contribution in [0, 0.1) is 0 Å². The molecule has 25 heavy (non-hydrogen) atoms. The van der Waals surface area contributed by atoms with E-state index in [0.29, 0.717) is 17.0 Å². The minimum atomic E-state index is -0.426. The first kappa shape index (κ1) is 17.0. The zero-order valence-corrected chi connectivity index (χ0v) is 14.8. The summed E-state index contributed by atoms with van der Waals surface area (Å²) in [5.74, 6) is 0.437. The van der Waals surface area contributed by atoms with E-state index >= 15 is 0 Å². The summed E-state index contributed by atoms with van der Waals surface area (Å²) in [7, 11) is 0. The quantitative estimate of drug-likeness (QED) is 0.494. The molecule has 1 N–H and O–H groups in total. The standard InChI is InChI=1S/C19H15BrN2O3/c20-18-11-10-17(25-18)19(23)22-21-12-15-8-4-5-9-16(15)24-13-14-6-2-1-3-7-14/h1-12H,13H2,(H,22,23). The summed E-state index contributed by atoms with van der Waals surface area (Å²) < 4.78 is 11.5. The first-order valence-corrected chi connectivity index (χ1v) is 8.36.